The van der Waals surface area contributed by atoms with Gasteiger partial charge in [0.1, 0.15) is 6.04 Å². The number of aliphatic hydroxyl groups excluding tert-OH is 1. The Balaban J connectivity index is 5.07. The number of carbonyl (C=O) groups excluding carboxylic acids is 2. The van der Waals surface area contributed by atoms with Gasteiger partial charge in [-0.25, -0.2) is 0 Å². The SMILES string of the molecule is CNC(=O)[C@@H](NC(=O)[C@@H](CC(C)C)C[C@H](O)CS)C(C)(C)C. The van der Waals surface area contributed by atoms with Crippen LogP contribution in [0.2, 0.25) is 0 Å². The monoisotopic (exact) mass is 332 g/mol. The molecule has 130 valence electrons. The van der Waals surface area contributed by atoms with E-state index in [9.17, 15) is 14.7 Å². The lowest BCUT2D eigenvalue weighted by molar-refractivity contribution is -0.134. The van der Waals surface area contributed by atoms with E-state index in [-0.39, 0.29) is 23.1 Å². The minimum Gasteiger partial charge on any atom is -0.392 e. The number of carbonyl (C=O) groups is 2. The first-order valence-corrected chi connectivity index (χ1v) is 8.47. The van der Waals surface area contributed by atoms with E-state index >= 15 is 0 Å². The maximum atomic E-state index is 12.6. The van der Waals surface area contributed by atoms with Crippen LogP contribution in [0.3, 0.4) is 0 Å². The van der Waals surface area contributed by atoms with Crippen LogP contribution in [-0.2, 0) is 9.59 Å². The highest BCUT2D eigenvalue weighted by molar-refractivity contribution is 7.80. The number of likely N-dealkylation sites (N-methyl/N-ethyl adjacent to an activating group) is 1. The molecule has 0 aromatic carbocycles. The first kappa shape index (κ1) is 21.2. The lowest BCUT2D eigenvalue weighted by Crippen LogP contribution is -2.54. The van der Waals surface area contributed by atoms with Crippen LogP contribution in [0, 0.1) is 17.3 Å². The Morgan fingerprint density at radius 1 is 1.14 bits per heavy atom. The number of rotatable bonds is 8. The lowest BCUT2D eigenvalue weighted by Gasteiger charge is -2.32. The zero-order valence-electron chi connectivity index (χ0n) is 14.6. The van der Waals surface area contributed by atoms with E-state index in [1.807, 2.05) is 34.6 Å². The van der Waals surface area contributed by atoms with Crippen molar-refractivity contribution in [3.63, 3.8) is 0 Å². The molecule has 3 N–H and O–H groups in total. The third-order valence-electron chi connectivity index (χ3n) is 3.56. The third kappa shape index (κ3) is 7.49. The molecule has 0 unspecified atom stereocenters. The molecule has 0 aromatic heterocycles. The van der Waals surface area contributed by atoms with Gasteiger partial charge >= 0.3 is 0 Å². The fourth-order valence-electron chi connectivity index (χ4n) is 2.36. The van der Waals surface area contributed by atoms with Crippen molar-refractivity contribution in [1.29, 1.82) is 0 Å². The van der Waals surface area contributed by atoms with Gasteiger partial charge in [0.05, 0.1) is 6.10 Å². The van der Waals surface area contributed by atoms with Gasteiger partial charge in [0.2, 0.25) is 11.8 Å². The van der Waals surface area contributed by atoms with Crippen LogP contribution in [0.1, 0.15) is 47.5 Å². The van der Waals surface area contributed by atoms with E-state index in [0.29, 0.717) is 24.5 Å². The largest absolute Gasteiger partial charge is 0.392 e. The Kier molecular flexibility index (Phi) is 9.08. The van der Waals surface area contributed by atoms with E-state index in [2.05, 4.69) is 23.3 Å². The summed E-state index contributed by atoms with van der Waals surface area (Å²) in [7, 11) is 1.56. The molecule has 0 fully saturated rings. The number of amides is 2. The first-order valence-electron chi connectivity index (χ1n) is 7.83. The zero-order chi connectivity index (χ0) is 17.5. The minimum absolute atomic E-state index is 0.182. The molecule has 22 heavy (non-hydrogen) atoms. The summed E-state index contributed by atoms with van der Waals surface area (Å²) in [4.78, 5) is 24.6. The molecule has 0 bridgehead atoms. The summed E-state index contributed by atoms with van der Waals surface area (Å²) in [6.07, 6.45) is 0.408. The molecular formula is C16H32N2O3S. The smallest absolute Gasteiger partial charge is 0.242 e. The van der Waals surface area contributed by atoms with Gasteiger partial charge in [0.15, 0.2) is 0 Å². The van der Waals surface area contributed by atoms with E-state index in [0.717, 1.165) is 0 Å². The van der Waals surface area contributed by atoms with Crippen LogP contribution in [0.5, 0.6) is 0 Å². The summed E-state index contributed by atoms with van der Waals surface area (Å²) in [6, 6.07) is -0.604. The van der Waals surface area contributed by atoms with E-state index in [1.54, 1.807) is 7.05 Å². The summed E-state index contributed by atoms with van der Waals surface area (Å²) < 4.78 is 0. The molecule has 0 saturated heterocycles. The number of hydrogen-bond donors (Lipinski definition) is 4. The van der Waals surface area contributed by atoms with Gasteiger partial charge in [-0.1, -0.05) is 34.6 Å². The number of nitrogens with one attached hydrogen (secondary N) is 2. The molecule has 0 heterocycles. The van der Waals surface area contributed by atoms with Crippen LogP contribution < -0.4 is 10.6 Å². The van der Waals surface area contributed by atoms with Gasteiger partial charge < -0.3 is 15.7 Å². The van der Waals surface area contributed by atoms with Crippen LogP contribution in [0.25, 0.3) is 0 Å². The fourth-order valence-corrected chi connectivity index (χ4v) is 2.51. The quantitative estimate of drug-likeness (QED) is 0.510. The Morgan fingerprint density at radius 3 is 2.05 bits per heavy atom. The van der Waals surface area contributed by atoms with Gasteiger partial charge in [-0.05, 0) is 24.2 Å². The number of hydrogen-bond acceptors (Lipinski definition) is 4. The first-order chi connectivity index (χ1) is 10.0. The van der Waals surface area contributed by atoms with Gasteiger partial charge in [-0.2, -0.15) is 12.6 Å². The third-order valence-corrected chi connectivity index (χ3v) is 3.98. The van der Waals surface area contributed by atoms with Crippen molar-refractivity contribution >= 4 is 24.4 Å². The Morgan fingerprint density at radius 2 is 1.68 bits per heavy atom. The molecule has 2 amide bonds. The predicted octanol–water partition coefficient (Wildman–Crippen LogP) is 1.61. The highest BCUT2D eigenvalue weighted by Gasteiger charge is 2.34. The average molecular weight is 333 g/mol. The molecule has 6 heteroatoms. The summed E-state index contributed by atoms with van der Waals surface area (Å²) in [6.45, 7) is 9.80. The minimum atomic E-state index is -0.620. The van der Waals surface area contributed by atoms with Crippen LogP contribution in [0.15, 0.2) is 0 Å². The Labute approximate surface area is 140 Å². The normalized spacial score (nSPS) is 16.0. The summed E-state index contributed by atoms with van der Waals surface area (Å²) in [5.74, 6) is -0.0652. The van der Waals surface area contributed by atoms with Crippen LogP contribution >= 0.6 is 12.6 Å². The molecule has 0 aromatic rings. The standard InChI is InChI=1S/C16H32N2O3S/c1-10(2)7-11(8-12(19)9-22)14(20)18-13(15(21)17-6)16(3,4)5/h10-13,19,22H,7-9H2,1-6H3,(H,17,21)(H,18,20)/t11-,12-,13+/m0/s1. The second kappa shape index (κ2) is 9.40. The fraction of sp³-hybridized carbons (Fsp3) is 0.875. The summed E-state index contributed by atoms with van der Waals surface area (Å²) >= 11 is 4.07. The van der Waals surface area contributed by atoms with Crippen LogP contribution in [0.4, 0.5) is 0 Å². The topological polar surface area (TPSA) is 78.4 Å². The van der Waals surface area contributed by atoms with Crippen molar-refractivity contribution < 1.29 is 14.7 Å². The molecule has 0 radical (unpaired) electrons. The lowest BCUT2D eigenvalue weighted by atomic mass is 9.84. The van der Waals surface area contributed by atoms with Crippen molar-refractivity contribution in [2.45, 2.75) is 59.6 Å². The Hall–Kier alpha value is -0.750. The van der Waals surface area contributed by atoms with E-state index in [4.69, 9.17) is 0 Å². The predicted molar refractivity (Wildman–Crippen MR) is 92.9 cm³/mol. The van der Waals surface area contributed by atoms with E-state index in [1.165, 1.54) is 0 Å². The second-order valence-electron chi connectivity index (χ2n) is 7.32. The molecule has 0 aliphatic heterocycles. The van der Waals surface area contributed by atoms with Crippen molar-refractivity contribution in [2.75, 3.05) is 12.8 Å². The molecule has 0 aliphatic carbocycles. The summed E-state index contributed by atoms with van der Waals surface area (Å²) in [5.41, 5.74) is -0.389. The molecule has 0 saturated carbocycles. The van der Waals surface area contributed by atoms with Crippen molar-refractivity contribution in [1.82, 2.24) is 10.6 Å². The molecule has 0 rings (SSSR count). The number of thiol groups is 1. The highest BCUT2D eigenvalue weighted by Crippen LogP contribution is 2.23. The molecule has 3 atom stereocenters. The number of aliphatic hydroxyl groups is 1. The molecule has 0 spiro atoms. The van der Waals surface area contributed by atoms with Crippen LogP contribution in [-0.4, -0.2) is 41.9 Å². The van der Waals surface area contributed by atoms with Gasteiger partial charge in [0.25, 0.3) is 0 Å². The van der Waals surface area contributed by atoms with Crippen molar-refractivity contribution in [3.05, 3.63) is 0 Å². The van der Waals surface area contributed by atoms with Gasteiger partial charge in [-0.15, -0.1) is 0 Å². The highest BCUT2D eigenvalue weighted by atomic mass is 32.1. The maximum absolute atomic E-state index is 12.6. The second-order valence-corrected chi connectivity index (χ2v) is 7.69. The maximum Gasteiger partial charge on any atom is 0.242 e. The van der Waals surface area contributed by atoms with Crippen molar-refractivity contribution in [3.8, 4) is 0 Å². The Bertz CT molecular complexity index is 367. The van der Waals surface area contributed by atoms with Crippen molar-refractivity contribution in [2.24, 2.45) is 17.3 Å². The average Bonchev–Trinajstić information content (AvgIpc) is 2.40. The molecular weight excluding hydrogens is 300 g/mol. The molecule has 0 aliphatic rings. The van der Waals surface area contributed by atoms with Gasteiger partial charge in [0, 0.05) is 18.7 Å². The zero-order valence-corrected chi connectivity index (χ0v) is 15.5. The van der Waals surface area contributed by atoms with Gasteiger partial charge in [-0.3, -0.25) is 9.59 Å². The molecule has 5 nitrogen and oxygen atoms in total. The summed E-state index contributed by atoms with van der Waals surface area (Å²) in [5, 5.41) is 15.3. The van der Waals surface area contributed by atoms with E-state index < -0.39 is 12.1 Å².